The predicted octanol–water partition coefficient (Wildman–Crippen LogP) is -0.108. The lowest BCUT2D eigenvalue weighted by atomic mass is 10.2. The highest BCUT2D eigenvalue weighted by Gasteiger charge is 2.13. The molecule has 0 aliphatic heterocycles. The molecule has 7 heteroatoms. The van der Waals surface area contributed by atoms with E-state index < -0.39 is 5.97 Å². The number of nitrogen functional groups attached to an aromatic ring is 1. The first-order valence-electron chi connectivity index (χ1n) is 5.69. The molecule has 0 atom stereocenters. The molecule has 19 heavy (non-hydrogen) atoms. The molecular weight excluding hydrogens is 250 g/mol. The summed E-state index contributed by atoms with van der Waals surface area (Å²) in [6.45, 7) is 2.08. The van der Waals surface area contributed by atoms with Gasteiger partial charge in [0.15, 0.2) is 6.61 Å². The van der Waals surface area contributed by atoms with Crippen molar-refractivity contribution >= 4 is 17.6 Å². The highest BCUT2D eigenvalue weighted by Crippen LogP contribution is 2.10. The number of esters is 1. The average Bonchev–Trinajstić information content (AvgIpc) is 2.39. The number of nitrogens with two attached hydrogens (primary N) is 1. The summed E-state index contributed by atoms with van der Waals surface area (Å²) in [5.74, 6) is -1.01. The number of carbonyl (C=O) groups excluding carboxylic acids is 2. The monoisotopic (exact) mass is 267 g/mol. The molecule has 0 saturated carbocycles. The fourth-order valence-corrected chi connectivity index (χ4v) is 1.31. The number of aryl methyl sites for hydroxylation is 1. The van der Waals surface area contributed by atoms with Crippen molar-refractivity contribution in [2.45, 2.75) is 6.92 Å². The highest BCUT2D eigenvalue weighted by atomic mass is 16.5. The molecule has 3 N–H and O–H groups in total. The van der Waals surface area contributed by atoms with Crippen LogP contribution in [0, 0.1) is 6.92 Å². The van der Waals surface area contributed by atoms with Crippen molar-refractivity contribution in [1.82, 2.24) is 10.3 Å². The molecule has 1 amide bonds. The number of hydrogen-bond acceptors (Lipinski definition) is 6. The van der Waals surface area contributed by atoms with E-state index in [2.05, 4.69) is 10.3 Å². The first-order valence-corrected chi connectivity index (χ1v) is 5.69. The number of aromatic nitrogens is 1. The number of nitrogens with one attached hydrogen (secondary N) is 1. The summed E-state index contributed by atoms with van der Waals surface area (Å²) in [6, 6.07) is 1.47. The summed E-state index contributed by atoms with van der Waals surface area (Å²) in [7, 11) is 1.53. The van der Waals surface area contributed by atoms with Crippen LogP contribution in [0.15, 0.2) is 12.3 Å². The summed E-state index contributed by atoms with van der Waals surface area (Å²) >= 11 is 0. The van der Waals surface area contributed by atoms with E-state index in [9.17, 15) is 9.59 Å². The lowest BCUT2D eigenvalue weighted by Gasteiger charge is -2.07. The van der Waals surface area contributed by atoms with Gasteiger partial charge in [0.1, 0.15) is 0 Å². The van der Waals surface area contributed by atoms with Gasteiger partial charge >= 0.3 is 5.97 Å². The van der Waals surface area contributed by atoms with Crippen molar-refractivity contribution in [3.05, 3.63) is 23.5 Å². The van der Waals surface area contributed by atoms with E-state index in [1.165, 1.54) is 19.4 Å². The summed E-state index contributed by atoms with van der Waals surface area (Å²) in [4.78, 5) is 27.0. The smallest absolute Gasteiger partial charge is 0.340 e. The van der Waals surface area contributed by atoms with Crippen molar-refractivity contribution < 1.29 is 19.1 Å². The number of hydrogen-bond donors (Lipinski definition) is 2. The Morgan fingerprint density at radius 3 is 2.89 bits per heavy atom. The van der Waals surface area contributed by atoms with Crippen LogP contribution in [0.1, 0.15) is 16.1 Å². The SMILES string of the molecule is COCCNC(=O)COC(=O)c1cc(N)cnc1C. The van der Waals surface area contributed by atoms with Crippen molar-refractivity contribution in [3.63, 3.8) is 0 Å². The molecule has 0 unspecified atom stereocenters. The molecule has 0 fully saturated rings. The molecule has 0 spiro atoms. The third kappa shape index (κ3) is 4.92. The van der Waals surface area contributed by atoms with Gasteiger partial charge in [-0.25, -0.2) is 4.79 Å². The number of rotatable bonds is 6. The molecule has 1 aromatic rings. The number of anilines is 1. The Morgan fingerprint density at radius 2 is 2.21 bits per heavy atom. The molecule has 0 saturated heterocycles. The highest BCUT2D eigenvalue weighted by molar-refractivity contribution is 5.93. The van der Waals surface area contributed by atoms with Crippen molar-refractivity contribution in [2.75, 3.05) is 32.6 Å². The van der Waals surface area contributed by atoms with Gasteiger partial charge in [-0.2, -0.15) is 0 Å². The van der Waals surface area contributed by atoms with Crippen molar-refractivity contribution in [3.8, 4) is 0 Å². The Balaban J connectivity index is 2.47. The Bertz CT molecular complexity index is 462. The Kier molecular flexibility index (Phi) is 5.74. The molecule has 1 aromatic heterocycles. The Hall–Kier alpha value is -2.15. The lowest BCUT2D eigenvalue weighted by molar-refractivity contribution is -0.124. The van der Waals surface area contributed by atoms with Crippen LogP contribution in [0.25, 0.3) is 0 Å². The number of nitrogens with zero attached hydrogens (tertiary/aromatic N) is 1. The zero-order valence-corrected chi connectivity index (χ0v) is 10.9. The fraction of sp³-hybridized carbons (Fsp3) is 0.417. The van der Waals surface area contributed by atoms with E-state index in [-0.39, 0.29) is 18.1 Å². The third-order valence-corrected chi connectivity index (χ3v) is 2.29. The number of methoxy groups -OCH3 is 1. The zero-order valence-electron chi connectivity index (χ0n) is 10.9. The maximum Gasteiger partial charge on any atom is 0.340 e. The zero-order chi connectivity index (χ0) is 14.3. The van der Waals surface area contributed by atoms with Crippen LogP contribution in [0.5, 0.6) is 0 Å². The van der Waals surface area contributed by atoms with Gasteiger partial charge < -0.3 is 20.5 Å². The van der Waals surface area contributed by atoms with Crippen molar-refractivity contribution in [2.24, 2.45) is 0 Å². The lowest BCUT2D eigenvalue weighted by Crippen LogP contribution is -2.31. The van der Waals surface area contributed by atoms with Crippen LogP contribution in [0.4, 0.5) is 5.69 Å². The third-order valence-electron chi connectivity index (χ3n) is 2.29. The van der Waals surface area contributed by atoms with Gasteiger partial charge in [-0.3, -0.25) is 9.78 Å². The molecular formula is C12H17N3O4. The molecule has 0 aromatic carbocycles. The van der Waals surface area contributed by atoms with Gasteiger partial charge in [0.05, 0.1) is 29.7 Å². The first kappa shape index (κ1) is 14.9. The van der Waals surface area contributed by atoms with E-state index >= 15 is 0 Å². The van der Waals surface area contributed by atoms with Crippen LogP contribution in [-0.2, 0) is 14.3 Å². The van der Waals surface area contributed by atoms with Crippen LogP contribution < -0.4 is 11.1 Å². The number of ether oxygens (including phenoxy) is 2. The second-order valence-corrected chi connectivity index (χ2v) is 3.82. The van der Waals surface area contributed by atoms with Crippen LogP contribution >= 0.6 is 0 Å². The minimum absolute atomic E-state index is 0.254. The van der Waals surface area contributed by atoms with Gasteiger partial charge in [0, 0.05) is 13.7 Å². The van der Waals surface area contributed by atoms with Gasteiger partial charge in [-0.05, 0) is 13.0 Å². The molecule has 0 radical (unpaired) electrons. The second kappa shape index (κ2) is 7.32. The van der Waals surface area contributed by atoms with Crippen LogP contribution in [-0.4, -0.2) is 43.7 Å². The second-order valence-electron chi connectivity index (χ2n) is 3.82. The van der Waals surface area contributed by atoms with Crippen LogP contribution in [0.2, 0.25) is 0 Å². The topological polar surface area (TPSA) is 104 Å². The van der Waals surface area contributed by atoms with E-state index in [4.69, 9.17) is 15.2 Å². The molecule has 0 bridgehead atoms. The fourth-order valence-electron chi connectivity index (χ4n) is 1.31. The first-order chi connectivity index (χ1) is 9.04. The number of carbonyl (C=O) groups is 2. The number of amides is 1. The quantitative estimate of drug-likeness (QED) is 0.550. The largest absolute Gasteiger partial charge is 0.452 e. The van der Waals surface area contributed by atoms with Crippen LogP contribution in [0.3, 0.4) is 0 Å². The average molecular weight is 267 g/mol. The van der Waals surface area contributed by atoms with Gasteiger partial charge in [0.25, 0.3) is 5.91 Å². The van der Waals surface area contributed by atoms with Gasteiger partial charge in [-0.15, -0.1) is 0 Å². The normalized spacial score (nSPS) is 10.0. The summed E-state index contributed by atoms with van der Waals surface area (Å²) < 4.78 is 9.64. The Morgan fingerprint density at radius 1 is 1.47 bits per heavy atom. The molecule has 1 rings (SSSR count). The predicted molar refractivity (Wildman–Crippen MR) is 68.6 cm³/mol. The minimum Gasteiger partial charge on any atom is -0.452 e. The van der Waals surface area contributed by atoms with Gasteiger partial charge in [-0.1, -0.05) is 0 Å². The molecule has 1 heterocycles. The van der Waals surface area contributed by atoms with Gasteiger partial charge in [0.2, 0.25) is 0 Å². The minimum atomic E-state index is -0.626. The molecule has 0 aliphatic carbocycles. The summed E-state index contributed by atoms with van der Waals surface area (Å²) in [5, 5.41) is 2.53. The molecule has 104 valence electrons. The summed E-state index contributed by atoms with van der Waals surface area (Å²) in [6.07, 6.45) is 1.45. The van der Waals surface area contributed by atoms with Crippen molar-refractivity contribution in [1.29, 1.82) is 0 Å². The van der Waals surface area contributed by atoms with E-state index in [0.717, 1.165) is 0 Å². The van der Waals surface area contributed by atoms with E-state index in [0.29, 0.717) is 24.5 Å². The molecule has 7 nitrogen and oxygen atoms in total. The summed E-state index contributed by atoms with van der Waals surface area (Å²) in [5.41, 5.74) is 6.66. The Labute approximate surface area is 111 Å². The molecule has 0 aliphatic rings. The maximum atomic E-state index is 11.7. The van der Waals surface area contributed by atoms with E-state index in [1.807, 2.05) is 0 Å². The number of pyridine rings is 1. The maximum absolute atomic E-state index is 11.7. The standard InChI is InChI=1S/C12H17N3O4/c1-8-10(5-9(13)6-15-8)12(17)19-7-11(16)14-3-4-18-2/h5-6H,3-4,7,13H2,1-2H3,(H,14,16). The van der Waals surface area contributed by atoms with E-state index in [1.54, 1.807) is 6.92 Å².